The first kappa shape index (κ1) is 43.8. The Balaban J connectivity index is 0.000000363. The Kier molecular flexibility index (Phi) is 19.4. The van der Waals surface area contributed by atoms with Gasteiger partial charge in [-0.1, -0.05) is 134 Å². The van der Waals surface area contributed by atoms with Gasteiger partial charge in [-0.2, -0.15) is 0 Å². The zero-order chi connectivity index (χ0) is 37.2. The molecule has 4 nitrogen and oxygen atoms in total. The molecule has 0 saturated heterocycles. The van der Waals surface area contributed by atoms with Crippen molar-refractivity contribution < 1.29 is 10.0 Å². The van der Waals surface area contributed by atoms with E-state index in [1.54, 1.807) is 31.2 Å². The number of hydrogen-bond donors (Lipinski definition) is 2. The Labute approximate surface area is 308 Å². The lowest BCUT2D eigenvalue weighted by atomic mass is 9.81. The van der Waals surface area contributed by atoms with Gasteiger partial charge in [-0.15, -0.1) is 6.42 Å². The Hall–Kier alpha value is -3.24. The highest BCUT2D eigenvalue weighted by molar-refractivity contribution is 9.10. The monoisotopic (exact) mass is 754 g/mol. The van der Waals surface area contributed by atoms with Crippen molar-refractivity contribution in [2.75, 3.05) is 0 Å². The lowest BCUT2D eigenvalue weighted by molar-refractivity contribution is 0.426. The van der Waals surface area contributed by atoms with Crippen LogP contribution in [-0.2, 0) is 12.8 Å². The fraction of sp³-hybridized carbons (Fsp3) is 0.366. The fourth-order valence-electron chi connectivity index (χ4n) is 5.00. The van der Waals surface area contributed by atoms with Crippen LogP contribution in [0.2, 0.25) is 39.3 Å². The summed E-state index contributed by atoms with van der Waals surface area (Å²) in [7, 11) is -3.92. The SMILES string of the molecule is C#CC#CC.CC(C)Cc1cc(-c2ccccc2)ncc1[Si](C)(C)C.CC(C)Cc1cc(Br)ncc1[Si](C)(C)C.OB(O)c1ccccc1. The van der Waals surface area contributed by atoms with Crippen LogP contribution >= 0.6 is 15.9 Å². The van der Waals surface area contributed by atoms with E-state index in [1.807, 2.05) is 6.07 Å². The summed E-state index contributed by atoms with van der Waals surface area (Å²) in [5.74, 6) is 8.46. The Morgan fingerprint density at radius 3 is 1.55 bits per heavy atom. The largest absolute Gasteiger partial charge is 0.488 e. The highest BCUT2D eigenvalue weighted by Crippen LogP contribution is 2.20. The molecular weight excluding hydrogens is 699 g/mol. The van der Waals surface area contributed by atoms with E-state index in [0.29, 0.717) is 17.3 Å². The lowest BCUT2D eigenvalue weighted by Crippen LogP contribution is -2.40. The molecule has 2 N–H and O–H groups in total. The van der Waals surface area contributed by atoms with Crippen molar-refractivity contribution in [3.05, 3.63) is 101 Å². The van der Waals surface area contributed by atoms with Gasteiger partial charge in [-0.25, -0.2) is 4.98 Å². The number of halogens is 1. The summed E-state index contributed by atoms with van der Waals surface area (Å²) < 4.78 is 0.958. The zero-order valence-electron chi connectivity index (χ0n) is 31.5. The number of pyridine rings is 2. The molecule has 0 saturated carbocycles. The van der Waals surface area contributed by atoms with E-state index in [0.717, 1.165) is 23.1 Å². The Morgan fingerprint density at radius 2 is 1.18 bits per heavy atom. The molecule has 2 aromatic heterocycles. The van der Waals surface area contributed by atoms with E-state index in [2.05, 4.69) is 161 Å². The molecule has 4 rings (SSSR count). The predicted molar refractivity (Wildman–Crippen MR) is 223 cm³/mol. The van der Waals surface area contributed by atoms with Gasteiger partial charge in [-0.05, 0) is 98.5 Å². The van der Waals surface area contributed by atoms with Gasteiger partial charge in [-0.3, -0.25) is 4.98 Å². The number of aromatic nitrogens is 2. The Morgan fingerprint density at radius 1 is 0.735 bits per heavy atom. The summed E-state index contributed by atoms with van der Waals surface area (Å²) in [5.41, 5.74) is 5.81. The average Bonchev–Trinajstić information content (AvgIpc) is 3.01. The maximum absolute atomic E-state index is 8.58. The molecule has 0 spiro atoms. The topological polar surface area (TPSA) is 66.2 Å². The molecular formula is C41H56BBrN2O2Si2. The van der Waals surface area contributed by atoms with Crippen molar-refractivity contribution in [2.45, 2.75) is 86.7 Å². The minimum absolute atomic E-state index is 0.525. The normalized spacial score (nSPS) is 10.6. The van der Waals surface area contributed by atoms with Gasteiger partial charge >= 0.3 is 7.12 Å². The zero-order valence-corrected chi connectivity index (χ0v) is 35.1. The minimum Gasteiger partial charge on any atom is -0.423 e. The van der Waals surface area contributed by atoms with Crippen LogP contribution in [-0.4, -0.2) is 43.3 Å². The van der Waals surface area contributed by atoms with Gasteiger partial charge in [0.1, 0.15) is 4.60 Å². The molecule has 260 valence electrons. The van der Waals surface area contributed by atoms with Crippen LogP contribution in [0.15, 0.2) is 89.8 Å². The molecule has 2 heterocycles. The number of hydrogen-bond acceptors (Lipinski definition) is 4. The van der Waals surface area contributed by atoms with Crippen molar-refractivity contribution in [3.8, 4) is 35.4 Å². The van der Waals surface area contributed by atoms with Crippen molar-refractivity contribution in [1.82, 2.24) is 9.97 Å². The second kappa shape index (κ2) is 21.8. The number of benzene rings is 2. The number of nitrogens with zero attached hydrogens (tertiary/aromatic N) is 2. The summed E-state index contributed by atoms with van der Waals surface area (Å²) in [6.07, 6.45) is 11.2. The van der Waals surface area contributed by atoms with E-state index in [1.165, 1.54) is 27.1 Å². The maximum Gasteiger partial charge on any atom is 0.488 e. The molecule has 8 heteroatoms. The van der Waals surface area contributed by atoms with Crippen LogP contribution in [0.5, 0.6) is 0 Å². The number of rotatable bonds is 8. The van der Waals surface area contributed by atoms with Gasteiger partial charge in [0.05, 0.1) is 21.8 Å². The fourth-order valence-corrected chi connectivity index (χ4v) is 8.55. The van der Waals surface area contributed by atoms with Gasteiger partial charge in [0.2, 0.25) is 0 Å². The van der Waals surface area contributed by atoms with E-state index >= 15 is 0 Å². The van der Waals surface area contributed by atoms with Gasteiger partial charge in [0.15, 0.2) is 0 Å². The predicted octanol–water partition coefficient (Wildman–Crippen LogP) is 8.09. The highest BCUT2D eigenvalue weighted by Gasteiger charge is 2.22. The van der Waals surface area contributed by atoms with Crippen LogP contribution in [0.4, 0.5) is 0 Å². The van der Waals surface area contributed by atoms with Crippen molar-refractivity contribution in [3.63, 3.8) is 0 Å². The molecule has 0 radical (unpaired) electrons. The molecule has 0 amide bonds. The third kappa shape index (κ3) is 17.3. The van der Waals surface area contributed by atoms with E-state index in [4.69, 9.17) is 21.5 Å². The van der Waals surface area contributed by atoms with Gasteiger partial charge < -0.3 is 10.0 Å². The van der Waals surface area contributed by atoms with Crippen LogP contribution in [0.1, 0.15) is 45.7 Å². The van der Waals surface area contributed by atoms with E-state index < -0.39 is 23.3 Å². The van der Waals surface area contributed by atoms with Crippen LogP contribution < -0.4 is 15.8 Å². The summed E-state index contributed by atoms with van der Waals surface area (Å²) in [4.78, 5) is 9.08. The summed E-state index contributed by atoms with van der Waals surface area (Å²) in [6.45, 7) is 25.1. The first-order chi connectivity index (χ1) is 22.9. The smallest absolute Gasteiger partial charge is 0.423 e. The maximum atomic E-state index is 8.58. The molecule has 4 aromatic rings. The molecule has 0 aliphatic carbocycles. The average molecular weight is 756 g/mol. The van der Waals surface area contributed by atoms with Crippen LogP contribution in [0, 0.1) is 36.0 Å². The van der Waals surface area contributed by atoms with E-state index in [-0.39, 0.29) is 0 Å². The van der Waals surface area contributed by atoms with E-state index in [9.17, 15) is 0 Å². The second-order valence-electron chi connectivity index (χ2n) is 14.8. The molecule has 2 aromatic carbocycles. The lowest BCUT2D eigenvalue weighted by Gasteiger charge is -2.22. The number of terminal acetylenes is 1. The van der Waals surface area contributed by atoms with Crippen molar-refractivity contribution in [2.24, 2.45) is 11.8 Å². The third-order valence-electron chi connectivity index (χ3n) is 7.18. The molecule has 0 fully saturated rings. The quantitative estimate of drug-likeness (QED) is 0.109. The molecule has 0 unspecified atom stereocenters. The molecule has 0 bridgehead atoms. The highest BCUT2D eigenvalue weighted by atomic mass is 79.9. The molecule has 0 atom stereocenters. The molecule has 0 aliphatic heterocycles. The standard InChI is InChI=1S/C18H25NSi.C12H20BrNSi.C6H7BO2.C5H4/c1-14(2)11-16-12-17(15-9-7-6-8-10-15)19-13-18(16)20(3,4)5;1-9(2)6-10-7-12(13)14-8-11(10)15(3,4)5;8-7(9)6-4-2-1-3-5-6;1-3-5-4-2/h6-10,12-14H,11H2,1-5H3;7-9H,6H2,1-5H3;1-5,8-9H;1H,2H3. The first-order valence-corrected chi connectivity index (χ1v) is 24.7. The van der Waals surface area contributed by atoms with Crippen molar-refractivity contribution >= 4 is 55.0 Å². The third-order valence-corrected chi connectivity index (χ3v) is 11.7. The van der Waals surface area contributed by atoms with Crippen LogP contribution in [0.25, 0.3) is 11.3 Å². The van der Waals surface area contributed by atoms with Gasteiger partial charge in [0, 0.05) is 18.0 Å². The molecule has 0 aliphatic rings. The summed E-state index contributed by atoms with van der Waals surface area (Å²) in [6, 6.07) is 23.6. The van der Waals surface area contributed by atoms with Gasteiger partial charge in [0.25, 0.3) is 0 Å². The molecule has 49 heavy (non-hydrogen) atoms. The summed E-state index contributed by atoms with van der Waals surface area (Å²) >= 11 is 3.46. The summed E-state index contributed by atoms with van der Waals surface area (Å²) in [5, 5.41) is 20.2. The minimum atomic E-state index is -1.34. The Bertz CT molecular complexity index is 1650. The van der Waals surface area contributed by atoms with Crippen LogP contribution in [0.3, 0.4) is 0 Å². The second-order valence-corrected chi connectivity index (χ2v) is 25.6. The van der Waals surface area contributed by atoms with Crippen molar-refractivity contribution in [1.29, 1.82) is 0 Å². The first-order valence-electron chi connectivity index (χ1n) is 16.9.